The van der Waals surface area contributed by atoms with E-state index in [0.29, 0.717) is 38.6 Å². The summed E-state index contributed by atoms with van der Waals surface area (Å²) in [6.07, 6.45) is 0.405. The van der Waals surface area contributed by atoms with Crippen molar-refractivity contribution in [2.75, 3.05) is 26.3 Å². The summed E-state index contributed by atoms with van der Waals surface area (Å²) in [6, 6.07) is 5.72. The van der Waals surface area contributed by atoms with Gasteiger partial charge in [0, 0.05) is 20.0 Å². The molecule has 1 aliphatic rings. The molecule has 1 aliphatic heterocycles. The molecule has 0 atom stereocenters. The van der Waals surface area contributed by atoms with Gasteiger partial charge in [0.2, 0.25) is 5.91 Å². The number of carbonyl (C=O) groups excluding carboxylic acids is 1. The van der Waals surface area contributed by atoms with Crippen molar-refractivity contribution in [1.82, 2.24) is 9.88 Å². The van der Waals surface area contributed by atoms with Crippen LogP contribution >= 0.6 is 0 Å². The molecule has 0 saturated carbocycles. The molecule has 0 radical (unpaired) electrons. The van der Waals surface area contributed by atoms with Crippen molar-refractivity contribution in [3.8, 4) is 0 Å². The molecule has 100 valence electrons. The highest BCUT2D eigenvalue weighted by Crippen LogP contribution is 2.17. The van der Waals surface area contributed by atoms with Crippen LogP contribution < -0.4 is 0 Å². The van der Waals surface area contributed by atoms with Crippen molar-refractivity contribution >= 4 is 17.0 Å². The van der Waals surface area contributed by atoms with E-state index in [1.807, 2.05) is 30.0 Å². The molecule has 0 aliphatic carbocycles. The maximum atomic E-state index is 12.1. The smallest absolute Gasteiger partial charge is 0.227 e. The highest BCUT2D eigenvalue weighted by Gasteiger charge is 2.17. The lowest BCUT2D eigenvalue weighted by molar-refractivity contribution is -0.134. The number of ether oxygens (including phenoxy) is 1. The molecule has 5 nitrogen and oxygen atoms in total. The number of aromatic nitrogens is 1. The van der Waals surface area contributed by atoms with E-state index in [1.165, 1.54) is 0 Å². The van der Waals surface area contributed by atoms with Crippen LogP contribution in [0.5, 0.6) is 0 Å². The fraction of sp³-hybridized carbons (Fsp3) is 0.429. The Labute approximate surface area is 111 Å². The lowest BCUT2D eigenvalue weighted by atomic mass is 10.1. The van der Waals surface area contributed by atoms with Gasteiger partial charge < -0.3 is 14.1 Å². The maximum absolute atomic E-state index is 12.1. The maximum Gasteiger partial charge on any atom is 0.227 e. The quantitative estimate of drug-likeness (QED) is 0.822. The predicted molar refractivity (Wildman–Crippen MR) is 69.8 cm³/mol. The van der Waals surface area contributed by atoms with Crippen LogP contribution in [0.15, 0.2) is 22.6 Å². The zero-order valence-corrected chi connectivity index (χ0v) is 10.9. The Kier molecular flexibility index (Phi) is 3.21. The summed E-state index contributed by atoms with van der Waals surface area (Å²) in [6.45, 7) is 4.45. The number of aryl methyl sites for hydroxylation is 1. The van der Waals surface area contributed by atoms with Gasteiger partial charge in [-0.05, 0) is 17.7 Å². The lowest BCUT2D eigenvalue weighted by Crippen LogP contribution is -2.41. The number of carbonyl (C=O) groups is 1. The van der Waals surface area contributed by atoms with E-state index in [0.717, 1.165) is 16.7 Å². The molecule has 0 N–H and O–H groups in total. The number of rotatable bonds is 2. The Bertz CT molecular complexity index is 600. The second-order valence-electron chi connectivity index (χ2n) is 4.70. The Hall–Kier alpha value is -1.88. The number of amides is 1. The standard InChI is InChI=1S/C14H16N2O3/c1-10-15-12-8-11(2-3-13(12)19-10)9-14(17)16-4-6-18-7-5-16/h2-3,8H,4-7,9H2,1H3. The number of fused-ring (bicyclic) bond motifs is 1. The number of morpholine rings is 1. The average Bonchev–Trinajstić information content (AvgIpc) is 2.79. The van der Waals surface area contributed by atoms with Gasteiger partial charge in [-0.3, -0.25) is 4.79 Å². The van der Waals surface area contributed by atoms with Gasteiger partial charge in [0.1, 0.15) is 5.52 Å². The highest BCUT2D eigenvalue weighted by atomic mass is 16.5. The van der Waals surface area contributed by atoms with Gasteiger partial charge in [-0.25, -0.2) is 4.98 Å². The normalized spacial score (nSPS) is 15.9. The van der Waals surface area contributed by atoms with Crippen LogP contribution in [0.3, 0.4) is 0 Å². The summed E-state index contributed by atoms with van der Waals surface area (Å²) < 4.78 is 10.7. The number of hydrogen-bond donors (Lipinski definition) is 0. The molecular weight excluding hydrogens is 244 g/mol. The third kappa shape index (κ3) is 2.61. The van der Waals surface area contributed by atoms with Crippen molar-refractivity contribution in [1.29, 1.82) is 0 Å². The predicted octanol–water partition coefficient (Wildman–Crippen LogP) is 1.54. The molecule has 19 heavy (non-hydrogen) atoms. The molecule has 0 bridgehead atoms. The molecule has 3 rings (SSSR count). The first kappa shape index (κ1) is 12.2. The molecule has 1 saturated heterocycles. The zero-order chi connectivity index (χ0) is 13.2. The molecule has 2 aromatic rings. The van der Waals surface area contributed by atoms with Gasteiger partial charge >= 0.3 is 0 Å². The molecule has 5 heteroatoms. The SMILES string of the molecule is Cc1nc2cc(CC(=O)N3CCOCC3)ccc2o1. The van der Waals surface area contributed by atoms with Crippen molar-refractivity contribution in [2.45, 2.75) is 13.3 Å². The number of nitrogens with zero attached hydrogens (tertiary/aromatic N) is 2. The second-order valence-corrected chi connectivity index (χ2v) is 4.70. The van der Waals surface area contributed by atoms with Gasteiger partial charge in [0.15, 0.2) is 11.5 Å². The van der Waals surface area contributed by atoms with Crippen LogP contribution in [-0.4, -0.2) is 42.1 Å². The van der Waals surface area contributed by atoms with E-state index in [2.05, 4.69) is 4.98 Å². The van der Waals surface area contributed by atoms with Gasteiger partial charge in [-0.2, -0.15) is 0 Å². The minimum atomic E-state index is 0.142. The summed E-state index contributed by atoms with van der Waals surface area (Å²) >= 11 is 0. The summed E-state index contributed by atoms with van der Waals surface area (Å²) in [5.74, 6) is 0.787. The Morgan fingerprint density at radius 3 is 2.95 bits per heavy atom. The molecule has 2 heterocycles. The van der Waals surface area contributed by atoms with E-state index in [-0.39, 0.29) is 5.91 Å². The fourth-order valence-electron chi connectivity index (χ4n) is 2.30. The molecule has 1 aromatic carbocycles. The van der Waals surface area contributed by atoms with E-state index < -0.39 is 0 Å². The van der Waals surface area contributed by atoms with E-state index in [9.17, 15) is 4.79 Å². The topological polar surface area (TPSA) is 55.6 Å². The fourth-order valence-corrected chi connectivity index (χ4v) is 2.30. The minimum Gasteiger partial charge on any atom is -0.441 e. The molecule has 1 fully saturated rings. The van der Waals surface area contributed by atoms with Gasteiger partial charge in [0.05, 0.1) is 19.6 Å². The molecule has 0 spiro atoms. The number of hydrogen-bond acceptors (Lipinski definition) is 4. The second kappa shape index (κ2) is 5.01. The summed E-state index contributed by atoms with van der Waals surface area (Å²) in [7, 11) is 0. The summed E-state index contributed by atoms with van der Waals surface area (Å²) in [4.78, 5) is 18.3. The largest absolute Gasteiger partial charge is 0.441 e. The first-order chi connectivity index (χ1) is 9.22. The van der Waals surface area contributed by atoms with Crippen molar-refractivity contribution in [3.63, 3.8) is 0 Å². The number of benzene rings is 1. The van der Waals surface area contributed by atoms with Crippen LogP contribution in [-0.2, 0) is 16.0 Å². The van der Waals surface area contributed by atoms with Crippen molar-refractivity contribution in [2.24, 2.45) is 0 Å². The monoisotopic (exact) mass is 260 g/mol. The molecule has 1 amide bonds. The Morgan fingerprint density at radius 1 is 1.37 bits per heavy atom. The van der Waals surface area contributed by atoms with Gasteiger partial charge in [-0.15, -0.1) is 0 Å². The van der Waals surface area contributed by atoms with Crippen LogP contribution in [0.2, 0.25) is 0 Å². The highest BCUT2D eigenvalue weighted by molar-refractivity contribution is 5.81. The van der Waals surface area contributed by atoms with Gasteiger partial charge in [0.25, 0.3) is 0 Å². The van der Waals surface area contributed by atoms with Crippen molar-refractivity contribution in [3.05, 3.63) is 29.7 Å². The zero-order valence-electron chi connectivity index (χ0n) is 10.9. The first-order valence-corrected chi connectivity index (χ1v) is 6.44. The molecular formula is C14H16N2O3. The van der Waals surface area contributed by atoms with Crippen LogP contribution in [0.25, 0.3) is 11.1 Å². The van der Waals surface area contributed by atoms with Crippen LogP contribution in [0.1, 0.15) is 11.5 Å². The molecule has 0 unspecified atom stereocenters. The van der Waals surface area contributed by atoms with Crippen LogP contribution in [0, 0.1) is 6.92 Å². The Morgan fingerprint density at radius 2 is 2.16 bits per heavy atom. The third-order valence-electron chi connectivity index (χ3n) is 3.28. The average molecular weight is 260 g/mol. The minimum absolute atomic E-state index is 0.142. The van der Waals surface area contributed by atoms with E-state index in [1.54, 1.807) is 0 Å². The Balaban J connectivity index is 1.74. The summed E-state index contributed by atoms with van der Waals surface area (Å²) in [5.41, 5.74) is 2.54. The van der Waals surface area contributed by atoms with E-state index >= 15 is 0 Å². The van der Waals surface area contributed by atoms with E-state index in [4.69, 9.17) is 9.15 Å². The first-order valence-electron chi connectivity index (χ1n) is 6.44. The van der Waals surface area contributed by atoms with Crippen molar-refractivity contribution < 1.29 is 13.9 Å². The lowest BCUT2D eigenvalue weighted by Gasteiger charge is -2.26. The summed E-state index contributed by atoms with van der Waals surface area (Å²) in [5, 5.41) is 0. The van der Waals surface area contributed by atoms with Crippen LogP contribution in [0.4, 0.5) is 0 Å². The van der Waals surface area contributed by atoms with Gasteiger partial charge in [-0.1, -0.05) is 6.07 Å². The third-order valence-corrected chi connectivity index (χ3v) is 3.28. The number of oxazole rings is 1. The molecule has 1 aromatic heterocycles.